The van der Waals surface area contributed by atoms with Gasteiger partial charge in [0.1, 0.15) is 11.4 Å². The Morgan fingerprint density at radius 2 is 1.38 bits per heavy atom. The molecule has 0 aliphatic carbocycles. The van der Waals surface area contributed by atoms with E-state index in [4.69, 9.17) is 46.3 Å². The maximum absolute atomic E-state index is 12.7. The van der Waals surface area contributed by atoms with Crippen LogP contribution in [0.2, 0.25) is 5.15 Å². The summed E-state index contributed by atoms with van der Waals surface area (Å²) in [7, 11) is 4.41. The van der Waals surface area contributed by atoms with E-state index in [0.717, 1.165) is 11.2 Å². The van der Waals surface area contributed by atoms with Crippen LogP contribution in [0.5, 0.6) is 11.5 Å². The van der Waals surface area contributed by atoms with Gasteiger partial charge in [-0.2, -0.15) is 4.98 Å². The first kappa shape index (κ1) is 31.9. The molecular weight excluding hydrogens is 606 g/mol. The molecule has 3 aromatic rings. The summed E-state index contributed by atoms with van der Waals surface area (Å²) in [4.78, 5) is 51.0. The van der Waals surface area contributed by atoms with E-state index in [0.29, 0.717) is 81.1 Å². The topological polar surface area (TPSA) is 162 Å². The van der Waals surface area contributed by atoms with Crippen LogP contribution >= 0.6 is 11.6 Å². The summed E-state index contributed by atoms with van der Waals surface area (Å²) in [5.74, 6) is 2.05. The minimum atomic E-state index is -0.706. The Kier molecular flexibility index (Phi) is 9.09. The highest BCUT2D eigenvalue weighted by atomic mass is 35.5. The predicted molar refractivity (Wildman–Crippen MR) is 170 cm³/mol. The fraction of sp³-hybridized carbons (Fsp3) is 0.517. The third kappa shape index (κ3) is 6.77. The standard InChI is InChI=1S/C29H38ClN9O6/c1-29(2,3)45-28(41)39-13-9-36(10-14-39)24-17-15-19(42-4)20(43-5)16-18(17)32-27(35-24)38-11-7-37(8-12-38)25-22(30)33-21(23(31)34-25)26(40)44-6/h15-16H,7-14H2,1-6H3,(H2,31,34). The lowest BCUT2D eigenvalue weighted by atomic mass is 10.1. The number of ether oxygens (including phenoxy) is 4. The monoisotopic (exact) mass is 643 g/mol. The van der Waals surface area contributed by atoms with Crippen molar-refractivity contribution in [3.63, 3.8) is 0 Å². The molecule has 45 heavy (non-hydrogen) atoms. The number of nitrogen functional groups attached to an aromatic ring is 1. The van der Waals surface area contributed by atoms with Gasteiger partial charge in [-0.05, 0) is 26.8 Å². The molecule has 0 saturated carbocycles. The Bertz CT molecular complexity index is 1580. The first-order valence-electron chi connectivity index (χ1n) is 14.5. The predicted octanol–water partition coefficient (Wildman–Crippen LogP) is 2.84. The Morgan fingerprint density at radius 3 is 1.98 bits per heavy atom. The lowest BCUT2D eigenvalue weighted by Crippen LogP contribution is -2.50. The summed E-state index contributed by atoms with van der Waals surface area (Å²) < 4.78 is 21.4. The normalized spacial score (nSPS) is 15.7. The molecule has 16 heteroatoms. The number of benzene rings is 1. The van der Waals surface area contributed by atoms with Gasteiger partial charge in [0.05, 0.1) is 26.8 Å². The number of halogens is 1. The number of rotatable bonds is 6. The van der Waals surface area contributed by atoms with Gasteiger partial charge >= 0.3 is 12.1 Å². The molecular formula is C29H38ClN9O6. The molecule has 0 bridgehead atoms. The number of nitrogens with zero attached hydrogens (tertiary/aromatic N) is 8. The van der Waals surface area contributed by atoms with Crippen LogP contribution < -0.4 is 29.9 Å². The molecule has 2 aliphatic heterocycles. The summed E-state index contributed by atoms with van der Waals surface area (Å²) in [5, 5.41) is 0.873. The lowest BCUT2D eigenvalue weighted by molar-refractivity contribution is 0.0240. The highest BCUT2D eigenvalue weighted by molar-refractivity contribution is 6.32. The number of esters is 1. The summed E-state index contributed by atoms with van der Waals surface area (Å²) in [5.41, 5.74) is 5.99. The van der Waals surface area contributed by atoms with Crippen LogP contribution in [0.4, 0.5) is 28.2 Å². The van der Waals surface area contributed by atoms with Gasteiger partial charge in [-0.25, -0.2) is 24.5 Å². The minimum Gasteiger partial charge on any atom is -0.493 e. The van der Waals surface area contributed by atoms with Crippen LogP contribution in [0.3, 0.4) is 0 Å². The molecule has 1 aromatic carbocycles. The van der Waals surface area contributed by atoms with E-state index < -0.39 is 11.6 Å². The number of fused-ring (bicyclic) bond motifs is 1. The molecule has 5 rings (SSSR count). The van der Waals surface area contributed by atoms with Gasteiger partial charge in [0.2, 0.25) is 5.95 Å². The number of anilines is 4. The van der Waals surface area contributed by atoms with Gasteiger partial charge in [0.25, 0.3) is 0 Å². The number of aromatic nitrogens is 4. The Hall–Kier alpha value is -4.53. The van der Waals surface area contributed by atoms with Crippen molar-refractivity contribution in [3.8, 4) is 11.5 Å². The van der Waals surface area contributed by atoms with Crippen LogP contribution in [-0.4, -0.2) is 116 Å². The Morgan fingerprint density at radius 1 is 0.800 bits per heavy atom. The van der Waals surface area contributed by atoms with Gasteiger partial charge in [0.15, 0.2) is 34.0 Å². The zero-order valence-electron chi connectivity index (χ0n) is 26.3. The highest BCUT2D eigenvalue weighted by Crippen LogP contribution is 2.37. The molecule has 2 saturated heterocycles. The average molecular weight is 644 g/mol. The van der Waals surface area contributed by atoms with E-state index >= 15 is 0 Å². The third-order valence-electron chi connectivity index (χ3n) is 7.50. The maximum Gasteiger partial charge on any atom is 0.410 e. The van der Waals surface area contributed by atoms with Gasteiger partial charge in [0, 0.05) is 63.8 Å². The summed E-state index contributed by atoms with van der Waals surface area (Å²) in [6.07, 6.45) is -0.328. The molecule has 0 radical (unpaired) electrons. The van der Waals surface area contributed by atoms with Crippen molar-refractivity contribution in [1.29, 1.82) is 0 Å². The largest absolute Gasteiger partial charge is 0.493 e. The van der Waals surface area contributed by atoms with Crippen molar-refractivity contribution >= 4 is 58.0 Å². The minimum absolute atomic E-state index is 0.0534. The third-order valence-corrected chi connectivity index (χ3v) is 7.76. The van der Waals surface area contributed by atoms with E-state index in [-0.39, 0.29) is 22.8 Å². The molecule has 2 aromatic heterocycles. The molecule has 0 atom stereocenters. The highest BCUT2D eigenvalue weighted by Gasteiger charge is 2.30. The zero-order valence-corrected chi connectivity index (χ0v) is 27.0. The SMILES string of the molecule is COC(=O)c1nc(Cl)c(N2CCN(c3nc(N4CCN(C(=O)OC(C)(C)C)CC4)c4cc(OC)c(OC)cc4n3)CC2)nc1N. The average Bonchev–Trinajstić information content (AvgIpc) is 3.03. The quantitative estimate of drug-likeness (QED) is 0.390. The van der Waals surface area contributed by atoms with Crippen molar-refractivity contribution in [2.75, 3.05) is 94.1 Å². The zero-order chi connectivity index (χ0) is 32.5. The second-order valence-electron chi connectivity index (χ2n) is 11.6. The van der Waals surface area contributed by atoms with Crippen LogP contribution in [0.25, 0.3) is 10.9 Å². The number of amides is 1. The molecule has 242 valence electrons. The molecule has 2 fully saturated rings. The molecule has 4 heterocycles. The van der Waals surface area contributed by atoms with E-state index in [1.165, 1.54) is 7.11 Å². The molecule has 0 spiro atoms. The van der Waals surface area contributed by atoms with Crippen LogP contribution in [0, 0.1) is 0 Å². The summed E-state index contributed by atoms with van der Waals surface area (Å²) >= 11 is 6.40. The molecule has 0 unspecified atom stereocenters. The van der Waals surface area contributed by atoms with Gasteiger partial charge in [-0.15, -0.1) is 0 Å². The van der Waals surface area contributed by atoms with Crippen molar-refractivity contribution in [2.45, 2.75) is 26.4 Å². The lowest BCUT2D eigenvalue weighted by Gasteiger charge is -2.38. The van der Waals surface area contributed by atoms with Crippen LogP contribution in [-0.2, 0) is 9.47 Å². The van der Waals surface area contributed by atoms with E-state index in [1.807, 2.05) is 37.8 Å². The number of hydrogen-bond acceptors (Lipinski definition) is 14. The molecule has 15 nitrogen and oxygen atoms in total. The Balaban J connectivity index is 1.40. The van der Waals surface area contributed by atoms with Crippen molar-refractivity contribution in [3.05, 3.63) is 23.0 Å². The van der Waals surface area contributed by atoms with E-state index in [9.17, 15) is 9.59 Å². The number of methoxy groups -OCH3 is 3. The van der Waals surface area contributed by atoms with Gasteiger partial charge < -0.3 is 44.3 Å². The summed E-state index contributed by atoms with van der Waals surface area (Å²) in [6.45, 7) is 9.84. The smallest absolute Gasteiger partial charge is 0.410 e. The fourth-order valence-electron chi connectivity index (χ4n) is 5.22. The first-order chi connectivity index (χ1) is 21.4. The summed E-state index contributed by atoms with van der Waals surface area (Å²) in [6, 6.07) is 3.73. The van der Waals surface area contributed by atoms with Crippen LogP contribution in [0.15, 0.2) is 12.1 Å². The van der Waals surface area contributed by atoms with E-state index in [1.54, 1.807) is 19.1 Å². The second-order valence-corrected chi connectivity index (χ2v) is 11.9. The van der Waals surface area contributed by atoms with Crippen molar-refractivity contribution < 1.29 is 28.5 Å². The fourth-order valence-corrected chi connectivity index (χ4v) is 5.47. The first-order valence-corrected chi connectivity index (χ1v) is 14.9. The van der Waals surface area contributed by atoms with Gasteiger partial charge in [-0.3, -0.25) is 0 Å². The number of carbonyl (C=O) groups excluding carboxylic acids is 2. The number of nitrogens with two attached hydrogens (primary N) is 1. The molecule has 1 amide bonds. The second kappa shape index (κ2) is 12.8. The molecule has 2 aliphatic rings. The Labute approximate surface area is 266 Å². The number of piperazine rings is 2. The van der Waals surface area contributed by atoms with Crippen LogP contribution in [0.1, 0.15) is 31.3 Å². The molecule has 2 N–H and O–H groups in total. The van der Waals surface area contributed by atoms with Crippen molar-refractivity contribution in [2.24, 2.45) is 0 Å². The van der Waals surface area contributed by atoms with E-state index in [2.05, 4.69) is 19.8 Å². The van der Waals surface area contributed by atoms with Gasteiger partial charge in [-0.1, -0.05) is 11.6 Å². The number of carbonyl (C=O) groups is 2. The van der Waals surface area contributed by atoms with Crippen molar-refractivity contribution in [1.82, 2.24) is 24.8 Å². The number of hydrogen-bond donors (Lipinski definition) is 1. The maximum atomic E-state index is 12.7.